The summed E-state index contributed by atoms with van der Waals surface area (Å²) in [7, 11) is 0. The zero-order chi connectivity index (χ0) is 21.2. The zero-order valence-electron chi connectivity index (χ0n) is 16.0. The first-order chi connectivity index (χ1) is 13.6. The van der Waals surface area contributed by atoms with Gasteiger partial charge < -0.3 is 19.9 Å². The molecule has 0 spiro atoms. The van der Waals surface area contributed by atoms with E-state index in [1.54, 1.807) is 6.92 Å². The predicted molar refractivity (Wildman–Crippen MR) is 95.6 cm³/mol. The molecule has 0 bridgehead atoms. The van der Waals surface area contributed by atoms with Gasteiger partial charge in [0.2, 0.25) is 0 Å². The lowest BCUT2D eigenvalue weighted by Crippen LogP contribution is -2.43. The van der Waals surface area contributed by atoms with Crippen LogP contribution in [-0.4, -0.2) is 43.4 Å². The number of carbonyl (C=O) groups is 2. The lowest BCUT2D eigenvalue weighted by atomic mass is 9.91. The molecule has 1 aliphatic heterocycles. The summed E-state index contributed by atoms with van der Waals surface area (Å²) in [5.74, 6) is -1.58. The van der Waals surface area contributed by atoms with E-state index in [0.717, 1.165) is 25.0 Å². The van der Waals surface area contributed by atoms with Crippen molar-refractivity contribution in [1.29, 1.82) is 0 Å². The molecule has 1 aromatic carbocycles. The van der Waals surface area contributed by atoms with E-state index >= 15 is 0 Å². The van der Waals surface area contributed by atoms with Gasteiger partial charge in [-0.15, -0.1) is 0 Å². The first kappa shape index (κ1) is 21.6. The fraction of sp³-hybridized carbons (Fsp3) is 0.600. The highest BCUT2D eigenvalue weighted by molar-refractivity contribution is 5.76. The summed E-state index contributed by atoms with van der Waals surface area (Å²) >= 11 is 0. The number of esters is 2. The second kappa shape index (κ2) is 8.71. The van der Waals surface area contributed by atoms with Crippen molar-refractivity contribution in [2.75, 3.05) is 13.2 Å². The number of alkyl halides is 3. The van der Waals surface area contributed by atoms with Crippen molar-refractivity contribution in [1.82, 2.24) is 0 Å². The number of ether oxygens (including phenoxy) is 3. The number of benzene rings is 1. The molecule has 2 fully saturated rings. The standard InChI is InChI=1S/C20H24F3NO5/c1-11-17(29-18(25)13-4-5-13)14(9-27-10-16(24)19(26)28-11)8-12-2-6-15(7-3-12)20(21,22)23/h2-3,6-7,11,13-14,16-17H,4-5,8-10,24H2,1H3/t11-,14-,16-,17-/m0/s1. The molecule has 4 atom stereocenters. The number of halogens is 3. The van der Waals surface area contributed by atoms with Crippen molar-refractivity contribution in [3.8, 4) is 0 Å². The van der Waals surface area contributed by atoms with E-state index in [1.165, 1.54) is 12.1 Å². The Kier molecular flexibility index (Phi) is 6.48. The minimum Gasteiger partial charge on any atom is -0.458 e. The molecular weight excluding hydrogens is 391 g/mol. The van der Waals surface area contributed by atoms with E-state index in [-0.39, 0.29) is 31.5 Å². The number of hydrogen-bond acceptors (Lipinski definition) is 6. The van der Waals surface area contributed by atoms with Gasteiger partial charge >= 0.3 is 18.1 Å². The fourth-order valence-corrected chi connectivity index (χ4v) is 3.28. The van der Waals surface area contributed by atoms with E-state index in [9.17, 15) is 22.8 Å². The van der Waals surface area contributed by atoms with Crippen LogP contribution in [0.1, 0.15) is 30.9 Å². The van der Waals surface area contributed by atoms with Gasteiger partial charge in [-0.1, -0.05) is 12.1 Å². The molecule has 9 heteroatoms. The largest absolute Gasteiger partial charge is 0.458 e. The minimum absolute atomic E-state index is 0.0572. The van der Waals surface area contributed by atoms with Gasteiger partial charge in [-0.25, -0.2) is 0 Å². The van der Waals surface area contributed by atoms with Crippen molar-refractivity contribution in [3.05, 3.63) is 35.4 Å². The third-order valence-electron chi connectivity index (χ3n) is 5.10. The van der Waals surface area contributed by atoms with Gasteiger partial charge in [0.05, 0.1) is 24.7 Å². The maximum Gasteiger partial charge on any atom is 0.416 e. The number of hydrogen-bond donors (Lipinski definition) is 1. The Balaban J connectivity index is 1.80. The molecule has 0 radical (unpaired) electrons. The van der Waals surface area contributed by atoms with Crippen LogP contribution in [0.3, 0.4) is 0 Å². The van der Waals surface area contributed by atoms with Crippen molar-refractivity contribution < 1.29 is 37.0 Å². The van der Waals surface area contributed by atoms with Gasteiger partial charge in [-0.3, -0.25) is 9.59 Å². The Bertz CT molecular complexity index is 733. The van der Waals surface area contributed by atoms with E-state index in [1.807, 2.05) is 0 Å². The first-order valence-electron chi connectivity index (χ1n) is 9.55. The highest BCUT2D eigenvalue weighted by atomic mass is 19.4. The van der Waals surface area contributed by atoms with E-state index in [2.05, 4.69) is 0 Å². The zero-order valence-corrected chi connectivity index (χ0v) is 16.0. The van der Waals surface area contributed by atoms with Crippen LogP contribution in [0.5, 0.6) is 0 Å². The van der Waals surface area contributed by atoms with Crippen LogP contribution < -0.4 is 5.73 Å². The van der Waals surface area contributed by atoms with Gasteiger partial charge in [0.25, 0.3) is 0 Å². The minimum atomic E-state index is -4.42. The monoisotopic (exact) mass is 415 g/mol. The summed E-state index contributed by atoms with van der Waals surface area (Å²) < 4.78 is 54.9. The molecule has 2 N–H and O–H groups in total. The smallest absolute Gasteiger partial charge is 0.416 e. The molecule has 1 saturated carbocycles. The molecule has 0 aromatic heterocycles. The average molecular weight is 415 g/mol. The van der Waals surface area contributed by atoms with Gasteiger partial charge in [0.15, 0.2) is 0 Å². The summed E-state index contributed by atoms with van der Waals surface area (Å²) in [6.07, 6.45) is -4.18. The third kappa shape index (κ3) is 5.70. The maximum absolute atomic E-state index is 12.8. The van der Waals surface area contributed by atoms with Crippen molar-refractivity contribution in [3.63, 3.8) is 0 Å². The van der Waals surface area contributed by atoms with E-state index in [0.29, 0.717) is 5.56 Å². The molecule has 1 aliphatic carbocycles. The highest BCUT2D eigenvalue weighted by Gasteiger charge is 2.40. The molecule has 1 aromatic rings. The second-order valence-corrected chi connectivity index (χ2v) is 7.62. The second-order valence-electron chi connectivity index (χ2n) is 7.62. The quantitative estimate of drug-likeness (QED) is 0.761. The van der Waals surface area contributed by atoms with Crippen LogP contribution in [0.4, 0.5) is 13.2 Å². The molecule has 1 heterocycles. The lowest BCUT2D eigenvalue weighted by Gasteiger charge is -2.30. The molecule has 160 valence electrons. The first-order valence-corrected chi connectivity index (χ1v) is 9.55. The molecule has 0 unspecified atom stereocenters. The van der Waals surface area contributed by atoms with Crippen LogP contribution >= 0.6 is 0 Å². The van der Waals surface area contributed by atoms with Crippen LogP contribution in [0, 0.1) is 11.8 Å². The molecule has 3 rings (SSSR count). The summed E-state index contributed by atoms with van der Waals surface area (Å²) in [4.78, 5) is 24.3. The average Bonchev–Trinajstić information content (AvgIpc) is 3.49. The van der Waals surface area contributed by atoms with Crippen molar-refractivity contribution in [2.24, 2.45) is 17.6 Å². The van der Waals surface area contributed by atoms with E-state index in [4.69, 9.17) is 19.9 Å². The van der Waals surface area contributed by atoms with E-state index < -0.39 is 41.9 Å². The van der Waals surface area contributed by atoms with Gasteiger partial charge in [-0.05, 0) is 43.9 Å². The molecule has 0 amide bonds. The van der Waals surface area contributed by atoms with Gasteiger partial charge in [0, 0.05) is 5.92 Å². The number of cyclic esters (lactones) is 1. The Morgan fingerprint density at radius 3 is 2.45 bits per heavy atom. The van der Waals surface area contributed by atoms with Crippen LogP contribution in [0.2, 0.25) is 0 Å². The fourth-order valence-electron chi connectivity index (χ4n) is 3.28. The normalized spacial score (nSPS) is 28.7. The summed E-state index contributed by atoms with van der Waals surface area (Å²) in [6.45, 7) is 1.68. The summed E-state index contributed by atoms with van der Waals surface area (Å²) in [5.41, 5.74) is 5.61. The van der Waals surface area contributed by atoms with Crippen LogP contribution in [0.15, 0.2) is 24.3 Å². The topological polar surface area (TPSA) is 87.8 Å². The maximum atomic E-state index is 12.8. The number of nitrogens with two attached hydrogens (primary N) is 1. The third-order valence-corrected chi connectivity index (χ3v) is 5.10. The number of carbonyl (C=O) groups excluding carboxylic acids is 2. The molecule has 1 saturated heterocycles. The Morgan fingerprint density at radius 2 is 1.86 bits per heavy atom. The molecule has 2 aliphatic rings. The highest BCUT2D eigenvalue weighted by Crippen LogP contribution is 2.33. The predicted octanol–water partition coefficient (Wildman–Crippen LogP) is 2.48. The Morgan fingerprint density at radius 1 is 1.21 bits per heavy atom. The Hall–Kier alpha value is -2.13. The molecule has 6 nitrogen and oxygen atoms in total. The SMILES string of the molecule is C[C@@H]1OC(=O)[C@@H](N)COC[C@H](Cc2ccc(C(F)(F)F)cc2)[C@H]1OC(=O)C1CC1. The summed E-state index contributed by atoms with van der Waals surface area (Å²) in [5, 5.41) is 0. The van der Waals surface area contributed by atoms with Crippen molar-refractivity contribution in [2.45, 2.75) is 50.6 Å². The molecule has 29 heavy (non-hydrogen) atoms. The molecular formula is C20H24F3NO5. The van der Waals surface area contributed by atoms with Crippen LogP contribution in [0.25, 0.3) is 0 Å². The van der Waals surface area contributed by atoms with Crippen LogP contribution in [-0.2, 0) is 36.4 Å². The van der Waals surface area contributed by atoms with Gasteiger partial charge in [-0.2, -0.15) is 13.2 Å². The summed E-state index contributed by atoms with van der Waals surface area (Å²) in [6, 6.07) is 3.84. The number of rotatable bonds is 4. The lowest BCUT2D eigenvalue weighted by molar-refractivity contribution is -0.172. The van der Waals surface area contributed by atoms with Gasteiger partial charge in [0.1, 0.15) is 18.2 Å². The van der Waals surface area contributed by atoms with Crippen molar-refractivity contribution >= 4 is 11.9 Å². The Labute approximate surface area is 166 Å².